The number of thioether (sulfide) groups is 1. The summed E-state index contributed by atoms with van der Waals surface area (Å²) in [6.07, 6.45) is 1.47. The molecule has 0 unspecified atom stereocenters. The van der Waals surface area contributed by atoms with Gasteiger partial charge in [-0.3, -0.25) is 10.2 Å². The van der Waals surface area contributed by atoms with E-state index >= 15 is 0 Å². The zero-order chi connectivity index (χ0) is 21.4. The van der Waals surface area contributed by atoms with Crippen molar-refractivity contribution in [3.05, 3.63) is 50.7 Å². The molecule has 0 spiro atoms. The van der Waals surface area contributed by atoms with E-state index in [0.29, 0.717) is 20.7 Å². The molecule has 0 saturated heterocycles. The van der Waals surface area contributed by atoms with E-state index in [2.05, 4.69) is 10.1 Å². The van der Waals surface area contributed by atoms with Gasteiger partial charge in [0, 0.05) is 0 Å². The van der Waals surface area contributed by atoms with Gasteiger partial charge in [-0.1, -0.05) is 17.7 Å². The van der Waals surface area contributed by atoms with Crippen molar-refractivity contribution in [3.63, 3.8) is 0 Å². The molecule has 11 heteroatoms. The first-order valence-electron chi connectivity index (χ1n) is 8.47. The van der Waals surface area contributed by atoms with E-state index in [1.54, 1.807) is 30.5 Å². The second kappa shape index (κ2) is 8.05. The highest BCUT2D eigenvalue weighted by Crippen LogP contribution is 2.38. The van der Waals surface area contributed by atoms with E-state index in [0.717, 1.165) is 0 Å². The average Bonchev–Trinajstić information content (AvgIpc) is 3.36. The number of ether oxygens (including phenoxy) is 2. The second-order valence-corrected chi connectivity index (χ2v) is 8.55. The zero-order valence-corrected chi connectivity index (χ0v) is 18.0. The molecule has 4 rings (SSSR count). The van der Waals surface area contributed by atoms with Gasteiger partial charge in [-0.25, -0.2) is 4.79 Å². The molecular weight excluding hydrogens is 448 g/mol. The summed E-state index contributed by atoms with van der Waals surface area (Å²) in [6, 6.07) is 6.45. The molecule has 8 nitrogen and oxygen atoms in total. The van der Waals surface area contributed by atoms with Crippen LogP contribution < -0.4 is 9.47 Å². The van der Waals surface area contributed by atoms with Gasteiger partial charge in [-0.05, 0) is 53.9 Å². The zero-order valence-electron chi connectivity index (χ0n) is 15.6. The molecule has 152 valence electrons. The number of carbonyl (C=O) groups is 2. The van der Waals surface area contributed by atoms with Gasteiger partial charge in [0.05, 0.1) is 22.7 Å². The Balaban J connectivity index is 1.67. The number of amides is 1. The van der Waals surface area contributed by atoms with E-state index < -0.39 is 11.9 Å². The SMILES string of the molecule is COc1cc(/C=C2/C(=N)N3N=C(C)SC3=NC2=O)cc(Cl)c1OC(=O)c1cccs1. The average molecular weight is 461 g/mol. The molecule has 1 aromatic carbocycles. The third kappa shape index (κ3) is 3.76. The van der Waals surface area contributed by atoms with Crippen LogP contribution in [0.2, 0.25) is 5.02 Å². The van der Waals surface area contributed by atoms with Crippen LogP contribution in [-0.2, 0) is 4.79 Å². The maximum absolute atomic E-state index is 12.4. The summed E-state index contributed by atoms with van der Waals surface area (Å²) in [4.78, 5) is 29.1. The van der Waals surface area contributed by atoms with Gasteiger partial charge in [-0.2, -0.15) is 15.1 Å². The van der Waals surface area contributed by atoms with Gasteiger partial charge in [0.2, 0.25) is 5.17 Å². The Kier molecular flexibility index (Phi) is 5.46. The molecule has 0 radical (unpaired) electrons. The molecule has 30 heavy (non-hydrogen) atoms. The number of halogens is 1. The molecule has 2 aliphatic rings. The summed E-state index contributed by atoms with van der Waals surface area (Å²) in [5.74, 6) is -0.906. The van der Waals surface area contributed by atoms with Crippen LogP contribution in [0.3, 0.4) is 0 Å². The van der Waals surface area contributed by atoms with Crippen LogP contribution in [0.1, 0.15) is 22.2 Å². The number of amidine groups is 2. The molecule has 3 heterocycles. The molecule has 0 bridgehead atoms. The Morgan fingerprint density at radius 3 is 2.87 bits per heavy atom. The lowest BCUT2D eigenvalue weighted by Gasteiger charge is -2.20. The Morgan fingerprint density at radius 2 is 2.17 bits per heavy atom. The molecule has 1 amide bonds. The van der Waals surface area contributed by atoms with Crippen LogP contribution in [0.5, 0.6) is 11.5 Å². The lowest BCUT2D eigenvalue weighted by Crippen LogP contribution is -2.35. The first-order chi connectivity index (χ1) is 14.4. The number of nitrogens with one attached hydrogen (secondary N) is 1. The summed E-state index contributed by atoms with van der Waals surface area (Å²) in [5, 5.41) is 16.7. The number of nitrogens with zero attached hydrogens (tertiary/aromatic N) is 3. The van der Waals surface area contributed by atoms with Crippen LogP contribution >= 0.6 is 34.7 Å². The molecule has 0 fully saturated rings. The van der Waals surface area contributed by atoms with Crippen molar-refractivity contribution in [3.8, 4) is 11.5 Å². The predicted octanol–water partition coefficient (Wildman–Crippen LogP) is 4.27. The lowest BCUT2D eigenvalue weighted by molar-refractivity contribution is -0.114. The largest absolute Gasteiger partial charge is 0.493 e. The maximum atomic E-state index is 12.4. The number of benzene rings is 1. The maximum Gasteiger partial charge on any atom is 0.353 e. The highest BCUT2D eigenvalue weighted by Gasteiger charge is 2.34. The molecule has 0 atom stereocenters. The Morgan fingerprint density at radius 1 is 1.37 bits per heavy atom. The smallest absolute Gasteiger partial charge is 0.353 e. The van der Waals surface area contributed by atoms with Gasteiger partial charge in [0.15, 0.2) is 17.3 Å². The van der Waals surface area contributed by atoms with Gasteiger partial charge in [0.25, 0.3) is 5.91 Å². The van der Waals surface area contributed by atoms with Crippen LogP contribution in [0.4, 0.5) is 0 Å². The quantitative estimate of drug-likeness (QED) is 0.415. The predicted molar refractivity (Wildman–Crippen MR) is 118 cm³/mol. The van der Waals surface area contributed by atoms with Crippen LogP contribution in [0.25, 0.3) is 6.08 Å². The van der Waals surface area contributed by atoms with E-state index in [1.807, 2.05) is 0 Å². The van der Waals surface area contributed by atoms with Crippen molar-refractivity contribution in [1.82, 2.24) is 5.01 Å². The van der Waals surface area contributed by atoms with Gasteiger partial charge >= 0.3 is 5.97 Å². The summed E-state index contributed by atoms with van der Waals surface area (Å²) in [5.41, 5.74) is 0.534. The van der Waals surface area contributed by atoms with Crippen molar-refractivity contribution in [1.29, 1.82) is 5.41 Å². The minimum Gasteiger partial charge on any atom is -0.493 e. The number of fused-ring (bicyclic) bond motifs is 1. The number of rotatable bonds is 4. The Bertz CT molecular complexity index is 1170. The van der Waals surface area contributed by atoms with Crippen molar-refractivity contribution in [2.75, 3.05) is 7.11 Å². The number of aliphatic imine (C=N–C) groups is 1. The van der Waals surface area contributed by atoms with Gasteiger partial charge < -0.3 is 9.47 Å². The summed E-state index contributed by atoms with van der Waals surface area (Å²) < 4.78 is 10.7. The molecule has 0 saturated carbocycles. The third-order valence-electron chi connectivity index (χ3n) is 4.04. The lowest BCUT2D eigenvalue weighted by atomic mass is 10.1. The number of methoxy groups -OCH3 is 1. The molecule has 1 aromatic heterocycles. The Labute approximate surface area is 184 Å². The van der Waals surface area contributed by atoms with Crippen molar-refractivity contribution < 1.29 is 19.1 Å². The number of thiophene rings is 1. The van der Waals surface area contributed by atoms with Gasteiger partial charge in [-0.15, -0.1) is 11.3 Å². The van der Waals surface area contributed by atoms with Gasteiger partial charge in [0.1, 0.15) is 4.88 Å². The highest BCUT2D eigenvalue weighted by atomic mass is 35.5. The fraction of sp³-hybridized carbons (Fsp3) is 0.105. The van der Waals surface area contributed by atoms with Crippen molar-refractivity contribution >= 4 is 68.7 Å². The van der Waals surface area contributed by atoms with E-state index in [-0.39, 0.29) is 27.9 Å². The number of esters is 1. The molecule has 2 aliphatic heterocycles. The van der Waals surface area contributed by atoms with Crippen molar-refractivity contribution in [2.24, 2.45) is 10.1 Å². The summed E-state index contributed by atoms with van der Waals surface area (Å²) >= 11 is 8.81. The fourth-order valence-corrected chi connectivity index (χ4v) is 4.30. The van der Waals surface area contributed by atoms with Crippen molar-refractivity contribution in [2.45, 2.75) is 6.92 Å². The second-order valence-electron chi connectivity index (χ2n) is 6.04. The van der Waals surface area contributed by atoms with E-state index in [1.165, 1.54) is 47.4 Å². The Hall–Kier alpha value is -2.95. The molecular formula is C19H13ClN4O4S2. The molecule has 0 aliphatic carbocycles. The monoisotopic (exact) mass is 460 g/mol. The first-order valence-corrected chi connectivity index (χ1v) is 10.5. The number of hydrazone groups is 1. The number of hydrogen-bond acceptors (Lipinski definition) is 8. The number of carbonyl (C=O) groups excluding carboxylic acids is 2. The molecule has 2 aromatic rings. The summed E-state index contributed by atoms with van der Waals surface area (Å²) in [6.45, 7) is 1.77. The van der Waals surface area contributed by atoms with E-state index in [4.69, 9.17) is 26.5 Å². The van der Waals surface area contributed by atoms with Crippen LogP contribution in [-0.4, -0.2) is 40.0 Å². The third-order valence-corrected chi connectivity index (χ3v) is 5.99. The van der Waals surface area contributed by atoms with Crippen LogP contribution in [0.15, 0.2) is 45.3 Å². The minimum atomic E-state index is -0.554. The normalized spacial score (nSPS) is 17.0. The first kappa shape index (κ1) is 20.3. The topological polar surface area (TPSA) is 104 Å². The number of hydrogen-bond donors (Lipinski definition) is 1. The summed E-state index contributed by atoms with van der Waals surface area (Å²) in [7, 11) is 1.41. The van der Waals surface area contributed by atoms with E-state index in [9.17, 15) is 9.59 Å². The fourth-order valence-electron chi connectivity index (χ4n) is 2.71. The molecule has 1 N–H and O–H groups in total. The standard InChI is InChI=1S/C19H13ClN4O4S2/c1-9-23-24-16(21)11(17(25)22-19(24)30-9)6-10-7-12(20)15(13(8-10)27-2)28-18(26)14-4-3-5-29-14/h3-8,21H,1-2H3/b11-6-,21-16?. The van der Waals surface area contributed by atoms with Crippen LogP contribution in [0, 0.1) is 5.41 Å². The minimum absolute atomic E-state index is 0.0549. The highest BCUT2D eigenvalue weighted by molar-refractivity contribution is 8.26.